The summed E-state index contributed by atoms with van der Waals surface area (Å²) < 4.78 is 9.86. The molecule has 2 rings (SSSR count). The number of nitrogens with zero attached hydrogens (tertiary/aromatic N) is 4. The highest BCUT2D eigenvalue weighted by Gasteiger charge is 2.20. The average Bonchev–Trinajstić information content (AvgIpc) is 2.76. The van der Waals surface area contributed by atoms with Gasteiger partial charge in [0.05, 0.1) is 12.8 Å². The van der Waals surface area contributed by atoms with E-state index in [0.717, 1.165) is 38.9 Å². The summed E-state index contributed by atoms with van der Waals surface area (Å²) in [6.07, 6.45) is 3.52. The van der Waals surface area contributed by atoms with Crippen molar-refractivity contribution >= 4 is 12.2 Å². The quantitative estimate of drug-likeness (QED) is 0.805. The van der Waals surface area contributed by atoms with Gasteiger partial charge in [-0.1, -0.05) is 6.92 Å². The molecule has 1 aromatic heterocycles. The molecular formula is C13H24N4O2S. The van der Waals surface area contributed by atoms with Gasteiger partial charge in [0.1, 0.15) is 6.61 Å². The Balaban J connectivity index is 2.11. The predicted octanol–water partition coefficient (Wildman–Crippen LogP) is 1.38. The molecule has 0 amide bonds. The number of likely N-dealkylation sites (tertiary alicyclic amines) is 1. The maximum atomic E-state index is 9.39. The van der Waals surface area contributed by atoms with Gasteiger partial charge in [0.2, 0.25) is 0 Å². The molecule has 0 radical (unpaired) electrons. The van der Waals surface area contributed by atoms with E-state index >= 15 is 0 Å². The van der Waals surface area contributed by atoms with E-state index in [1.165, 1.54) is 0 Å². The fraction of sp³-hybridized carbons (Fsp3) is 0.846. The first-order valence-electron chi connectivity index (χ1n) is 7.22. The number of rotatable bonds is 6. The minimum Gasteiger partial charge on any atom is -0.388 e. The molecule has 1 fully saturated rings. The average molecular weight is 300 g/mol. The molecular weight excluding hydrogens is 276 g/mol. The predicted molar refractivity (Wildman–Crippen MR) is 78.9 cm³/mol. The molecule has 0 saturated carbocycles. The number of hydrogen-bond acceptors (Lipinski definition) is 5. The van der Waals surface area contributed by atoms with Gasteiger partial charge in [-0.15, -0.1) is 0 Å². The van der Waals surface area contributed by atoms with Crippen LogP contribution in [0.15, 0.2) is 0 Å². The largest absolute Gasteiger partial charge is 0.388 e. The Hall–Kier alpha value is -0.760. The molecule has 1 saturated heterocycles. The molecule has 0 aromatic carbocycles. The molecule has 0 aliphatic carbocycles. The number of methoxy groups -OCH3 is 1. The standard InChI is InChI=1S/C13H24N4O2S/c1-3-6-16-12(9-18)14-17(13(16)20)10-15-7-4-5-11(8-15)19-2/h11,18H,3-10H2,1-2H3. The smallest absolute Gasteiger partial charge is 0.199 e. The van der Waals surface area contributed by atoms with Crippen LogP contribution in [0.2, 0.25) is 0 Å². The van der Waals surface area contributed by atoms with Crippen molar-refractivity contribution in [1.29, 1.82) is 0 Å². The van der Waals surface area contributed by atoms with Gasteiger partial charge in [0.15, 0.2) is 10.6 Å². The van der Waals surface area contributed by atoms with Gasteiger partial charge in [-0.25, -0.2) is 4.68 Å². The lowest BCUT2D eigenvalue weighted by Gasteiger charge is -2.31. The van der Waals surface area contributed by atoms with Crippen LogP contribution in [0.1, 0.15) is 32.0 Å². The molecule has 20 heavy (non-hydrogen) atoms. The second-order valence-electron chi connectivity index (χ2n) is 5.23. The Morgan fingerprint density at radius 2 is 2.30 bits per heavy atom. The molecule has 1 unspecified atom stereocenters. The molecule has 6 nitrogen and oxygen atoms in total. The molecule has 2 heterocycles. The lowest BCUT2D eigenvalue weighted by atomic mass is 10.1. The first kappa shape index (κ1) is 15.6. The Morgan fingerprint density at radius 3 is 2.95 bits per heavy atom. The summed E-state index contributed by atoms with van der Waals surface area (Å²) in [5, 5.41) is 13.8. The summed E-state index contributed by atoms with van der Waals surface area (Å²) in [6, 6.07) is 0. The van der Waals surface area contributed by atoms with Crippen LogP contribution in [0.5, 0.6) is 0 Å². The Bertz CT molecular complexity index is 485. The highest BCUT2D eigenvalue weighted by atomic mass is 32.1. The van der Waals surface area contributed by atoms with Gasteiger partial charge >= 0.3 is 0 Å². The zero-order valence-corrected chi connectivity index (χ0v) is 13.1. The maximum absolute atomic E-state index is 9.39. The number of piperidine rings is 1. The van der Waals surface area contributed by atoms with Crippen LogP contribution in [-0.4, -0.2) is 50.7 Å². The molecule has 1 aliphatic heterocycles. The molecule has 1 aliphatic rings. The zero-order valence-electron chi connectivity index (χ0n) is 12.3. The summed E-state index contributed by atoms with van der Waals surface area (Å²) >= 11 is 5.47. The normalized spacial score (nSPS) is 20.4. The van der Waals surface area contributed by atoms with E-state index < -0.39 is 0 Å². The fourth-order valence-electron chi connectivity index (χ4n) is 2.67. The third-order valence-corrected chi connectivity index (χ3v) is 4.15. The monoisotopic (exact) mass is 300 g/mol. The van der Waals surface area contributed by atoms with Crippen molar-refractivity contribution in [2.75, 3.05) is 20.2 Å². The molecule has 1 atom stereocenters. The van der Waals surface area contributed by atoms with E-state index in [1.54, 1.807) is 7.11 Å². The van der Waals surface area contributed by atoms with Crippen LogP contribution in [0.3, 0.4) is 0 Å². The maximum Gasteiger partial charge on any atom is 0.199 e. The van der Waals surface area contributed by atoms with Crippen molar-refractivity contribution in [2.45, 2.75) is 52.1 Å². The second-order valence-corrected chi connectivity index (χ2v) is 5.59. The topological polar surface area (TPSA) is 55.5 Å². The Labute approximate surface area is 125 Å². The van der Waals surface area contributed by atoms with Crippen molar-refractivity contribution in [3.63, 3.8) is 0 Å². The third-order valence-electron chi connectivity index (χ3n) is 3.72. The van der Waals surface area contributed by atoms with E-state index in [-0.39, 0.29) is 6.61 Å². The highest BCUT2D eigenvalue weighted by molar-refractivity contribution is 7.71. The summed E-state index contributed by atoms with van der Waals surface area (Å²) in [7, 11) is 1.76. The first-order chi connectivity index (χ1) is 9.69. The number of aromatic nitrogens is 3. The third kappa shape index (κ3) is 3.46. The van der Waals surface area contributed by atoms with Gasteiger partial charge in [0.25, 0.3) is 0 Å². The van der Waals surface area contributed by atoms with Crippen molar-refractivity contribution in [3.05, 3.63) is 10.6 Å². The van der Waals surface area contributed by atoms with Crippen LogP contribution in [0.25, 0.3) is 0 Å². The second kappa shape index (κ2) is 7.31. The minimum absolute atomic E-state index is 0.0721. The zero-order chi connectivity index (χ0) is 14.5. The van der Waals surface area contributed by atoms with Crippen LogP contribution in [0, 0.1) is 4.77 Å². The van der Waals surface area contributed by atoms with Gasteiger partial charge in [-0.2, -0.15) is 5.10 Å². The number of ether oxygens (including phenoxy) is 1. The van der Waals surface area contributed by atoms with Crippen LogP contribution < -0.4 is 0 Å². The summed E-state index contributed by atoms with van der Waals surface area (Å²) in [6.45, 7) is 5.44. The van der Waals surface area contributed by atoms with E-state index in [0.29, 0.717) is 23.4 Å². The molecule has 114 valence electrons. The molecule has 1 N–H and O–H groups in total. The Kier molecular flexibility index (Phi) is 5.71. The lowest BCUT2D eigenvalue weighted by Crippen LogP contribution is -2.40. The van der Waals surface area contributed by atoms with Gasteiger partial charge < -0.3 is 14.4 Å². The lowest BCUT2D eigenvalue weighted by molar-refractivity contribution is 0.0179. The van der Waals surface area contributed by atoms with Crippen LogP contribution >= 0.6 is 12.2 Å². The number of aliphatic hydroxyl groups excluding tert-OH is 1. The van der Waals surface area contributed by atoms with Crippen LogP contribution in [-0.2, 0) is 24.6 Å². The van der Waals surface area contributed by atoms with Crippen molar-refractivity contribution < 1.29 is 9.84 Å². The molecule has 1 aromatic rings. The first-order valence-corrected chi connectivity index (χ1v) is 7.63. The minimum atomic E-state index is -0.0721. The van der Waals surface area contributed by atoms with Gasteiger partial charge in [-0.3, -0.25) is 4.90 Å². The molecule has 0 bridgehead atoms. The highest BCUT2D eigenvalue weighted by Crippen LogP contribution is 2.14. The van der Waals surface area contributed by atoms with Crippen molar-refractivity contribution in [3.8, 4) is 0 Å². The van der Waals surface area contributed by atoms with Crippen molar-refractivity contribution in [1.82, 2.24) is 19.2 Å². The van der Waals surface area contributed by atoms with E-state index in [2.05, 4.69) is 16.9 Å². The van der Waals surface area contributed by atoms with Crippen molar-refractivity contribution in [2.24, 2.45) is 0 Å². The van der Waals surface area contributed by atoms with E-state index in [4.69, 9.17) is 17.0 Å². The SMILES string of the molecule is CCCn1c(CO)nn(CN2CCCC(OC)C2)c1=S. The van der Waals surface area contributed by atoms with Crippen LogP contribution in [0.4, 0.5) is 0 Å². The Morgan fingerprint density at radius 1 is 1.50 bits per heavy atom. The van der Waals surface area contributed by atoms with Gasteiger partial charge in [-0.05, 0) is 31.5 Å². The van der Waals surface area contributed by atoms with E-state index in [1.807, 2.05) is 9.25 Å². The van der Waals surface area contributed by atoms with Gasteiger partial charge in [0, 0.05) is 26.7 Å². The summed E-state index contributed by atoms with van der Waals surface area (Å²) in [5.41, 5.74) is 0. The number of aliphatic hydroxyl groups is 1. The summed E-state index contributed by atoms with van der Waals surface area (Å²) in [5.74, 6) is 0.650. The fourth-order valence-corrected chi connectivity index (χ4v) is 2.96. The molecule has 0 spiro atoms. The van der Waals surface area contributed by atoms with E-state index in [9.17, 15) is 5.11 Å². The number of hydrogen-bond donors (Lipinski definition) is 1. The summed E-state index contributed by atoms with van der Waals surface area (Å²) in [4.78, 5) is 2.30. The molecule has 7 heteroatoms.